The molecule has 0 aromatic heterocycles. The first-order chi connectivity index (χ1) is 6.06. The maximum absolute atomic E-state index is 2.55. The molecule has 0 amide bonds. The summed E-state index contributed by atoms with van der Waals surface area (Å²) in [5, 5.41) is 0. The Morgan fingerprint density at radius 1 is 1.15 bits per heavy atom. The third kappa shape index (κ3) is 3.65. The van der Waals surface area contributed by atoms with Crippen LogP contribution in [0.4, 0.5) is 0 Å². The van der Waals surface area contributed by atoms with Gasteiger partial charge in [-0.25, -0.2) is 0 Å². The molecule has 0 aliphatic carbocycles. The van der Waals surface area contributed by atoms with Gasteiger partial charge < -0.3 is 4.90 Å². The van der Waals surface area contributed by atoms with Gasteiger partial charge in [0.2, 0.25) is 0 Å². The van der Waals surface area contributed by atoms with E-state index in [-0.39, 0.29) is 0 Å². The van der Waals surface area contributed by atoms with E-state index in [0.29, 0.717) is 5.54 Å². The van der Waals surface area contributed by atoms with Crippen LogP contribution in [0, 0.1) is 0 Å². The predicted molar refractivity (Wildman–Crippen MR) is 60.2 cm³/mol. The first-order valence-electron chi connectivity index (χ1n) is 5.50. The molecule has 0 radical (unpaired) electrons. The van der Waals surface area contributed by atoms with Crippen LogP contribution in [0.25, 0.3) is 0 Å². The molecule has 1 heterocycles. The van der Waals surface area contributed by atoms with Crippen molar-refractivity contribution in [2.45, 2.75) is 40.2 Å². The molecule has 0 N–H and O–H groups in total. The molecule has 0 aromatic rings. The normalized spacial score (nSPS) is 23.5. The Morgan fingerprint density at radius 2 is 1.69 bits per heavy atom. The van der Waals surface area contributed by atoms with Crippen molar-refractivity contribution in [2.24, 2.45) is 0 Å². The van der Waals surface area contributed by atoms with Gasteiger partial charge in [-0.3, -0.25) is 4.90 Å². The molecule has 2 nitrogen and oxygen atoms in total. The summed E-state index contributed by atoms with van der Waals surface area (Å²) >= 11 is 0. The van der Waals surface area contributed by atoms with Crippen molar-refractivity contribution in [3.8, 4) is 0 Å². The summed E-state index contributed by atoms with van der Waals surface area (Å²) in [5.74, 6) is 0. The van der Waals surface area contributed by atoms with Gasteiger partial charge in [0.15, 0.2) is 0 Å². The molecule has 0 bridgehead atoms. The topological polar surface area (TPSA) is 6.48 Å². The predicted octanol–water partition coefficient (Wildman–Crippen LogP) is 2.06. The second-order valence-electron chi connectivity index (χ2n) is 4.13. The van der Waals surface area contributed by atoms with Crippen molar-refractivity contribution in [2.75, 3.05) is 33.2 Å². The van der Waals surface area contributed by atoms with Crippen LogP contribution in [0.3, 0.4) is 0 Å². The molecular weight excluding hydrogens is 160 g/mol. The second kappa shape index (κ2) is 5.61. The fourth-order valence-corrected chi connectivity index (χ4v) is 2.02. The average Bonchev–Trinajstić information content (AvgIpc) is 2.06. The first kappa shape index (κ1) is 12.9. The van der Waals surface area contributed by atoms with Crippen LogP contribution in [-0.4, -0.2) is 48.6 Å². The van der Waals surface area contributed by atoms with E-state index in [9.17, 15) is 0 Å². The second-order valence-corrected chi connectivity index (χ2v) is 4.13. The summed E-state index contributed by atoms with van der Waals surface area (Å²) in [6.07, 6.45) is 0. The average molecular weight is 186 g/mol. The van der Waals surface area contributed by atoms with Crippen molar-refractivity contribution >= 4 is 0 Å². The van der Waals surface area contributed by atoms with Crippen molar-refractivity contribution in [3.63, 3.8) is 0 Å². The largest absolute Gasteiger partial charge is 0.303 e. The molecule has 1 fully saturated rings. The van der Waals surface area contributed by atoms with E-state index in [0.717, 1.165) is 0 Å². The van der Waals surface area contributed by atoms with Gasteiger partial charge in [0.25, 0.3) is 0 Å². The molecule has 0 saturated carbocycles. The molecular formula is C11H26N2. The van der Waals surface area contributed by atoms with E-state index < -0.39 is 0 Å². The van der Waals surface area contributed by atoms with Gasteiger partial charge in [-0.05, 0) is 27.4 Å². The molecule has 0 spiro atoms. The van der Waals surface area contributed by atoms with Crippen LogP contribution >= 0.6 is 0 Å². The highest BCUT2D eigenvalue weighted by Crippen LogP contribution is 2.18. The number of nitrogens with zero attached hydrogens (tertiary/aromatic N) is 2. The van der Waals surface area contributed by atoms with E-state index in [1.54, 1.807) is 0 Å². The smallest absolute Gasteiger partial charge is 0.0280 e. The molecule has 13 heavy (non-hydrogen) atoms. The number of rotatable bonds is 1. The minimum Gasteiger partial charge on any atom is -0.303 e. The van der Waals surface area contributed by atoms with Crippen LogP contribution in [0.5, 0.6) is 0 Å². The van der Waals surface area contributed by atoms with Crippen molar-refractivity contribution in [3.05, 3.63) is 0 Å². The Labute approximate surface area is 83.9 Å². The summed E-state index contributed by atoms with van der Waals surface area (Å²) in [5.41, 5.74) is 0.377. The van der Waals surface area contributed by atoms with Gasteiger partial charge >= 0.3 is 0 Å². The quantitative estimate of drug-likeness (QED) is 0.618. The summed E-state index contributed by atoms with van der Waals surface area (Å²) in [4.78, 5) is 4.96. The number of hydrogen-bond donors (Lipinski definition) is 0. The lowest BCUT2D eigenvalue weighted by atomic mass is 9.99. The summed E-state index contributed by atoms with van der Waals surface area (Å²) < 4.78 is 0. The highest BCUT2D eigenvalue weighted by molar-refractivity contribution is 4.88. The molecule has 2 heteroatoms. The van der Waals surface area contributed by atoms with Crippen LogP contribution in [0.2, 0.25) is 0 Å². The van der Waals surface area contributed by atoms with E-state index >= 15 is 0 Å². The maximum Gasteiger partial charge on any atom is 0.0280 e. The van der Waals surface area contributed by atoms with Crippen LogP contribution < -0.4 is 0 Å². The Kier molecular flexibility index (Phi) is 5.57. The molecule has 1 rings (SSSR count). The van der Waals surface area contributed by atoms with Gasteiger partial charge in [0, 0.05) is 25.2 Å². The molecule has 80 valence electrons. The standard InChI is InChI=1S/C9H20N2.C2H6/c1-5-11-7-6-10(4)8-9(11,2)3;1-2/h5-8H2,1-4H3;1-2H3. The van der Waals surface area contributed by atoms with Gasteiger partial charge in [-0.15, -0.1) is 0 Å². The lowest BCUT2D eigenvalue weighted by Gasteiger charge is -2.45. The molecule has 0 atom stereocenters. The minimum absolute atomic E-state index is 0.377. The molecule has 1 saturated heterocycles. The third-order valence-corrected chi connectivity index (χ3v) is 2.65. The van der Waals surface area contributed by atoms with Crippen LogP contribution in [0.15, 0.2) is 0 Å². The molecule has 1 aliphatic rings. The fourth-order valence-electron chi connectivity index (χ4n) is 2.02. The van der Waals surface area contributed by atoms with Crippen molar-refractivity contribution < 1.29 is 0 Å². The van der Waals surface area contributed by atoms with Crippen molar-refractivity contribution in [1.29, 1.82) is 0 Å². The number of likely N-dealkylation sites (N-methyl/N-ethyl adjacent to an activating group) is 2. The molecule has 0 unspecified atom stereocenters. The lowest BCUT2D eigenvalue weighted by Crippen LogP contribution is -2.57. The third-order valence-electron chi connectivity index (χ3n) is 2.65. The highest BCUT2D eigenvalue weighted by atomic mass is 15.3. The first-order valence-corrected chi connectivity index (χ1v) is 5.50. The maximum atomic E-state index is 2.55. The van der Waals surface area contributed by atoms with Gasteiger partial charge in [-0.1, -0.05) is 20.8 Å². The van der Waals surface area contributed by atoms with Gasteiger partial charge in [0.05, 0.1) is 0 Å². The van der Waals surface area contributed by atoms with Gasteiger partial charge in [0.1, 0.15) is 0 Å². The summed E-state index contributed by atoms with van der Waals surface area (Å²) in [6, 6.07) is 0. The minimum atomic E-state index is 0.377. The summed E-state index contributed by atoms with van der Waals surface area (Å²) in [6.45, 7) is 15.7. The zero-order valence-electron chi connectivity index (χ0n) is 10.2. The van der Waals surface area contributed by atoms with Crippen molar-refractivity contribution in [1.82, 2.24) is 9.80 Å². The van der Waals surface area contributed by atoms with Crippen LogP contribution in [-0.2, 0) is 0 Å². The zero-order valence-corrected chi connectivity index (χ0v) is 10.2. The highest BCUT2D eigenvalue weighted by Gasteiger charge is 2.30. The Bertz CT molecular complexity index is 132. The Balaban J connectivity index is 0.000000671. The SMILES string of the molecule is CC.CCN1CCN(C)CC1(C)C. The fraction of sp³-hybridized carbons (Fsp3) is 1.00. The van der Waals surface area contributed by atoms with E-state index in [2.05, 4.69) is 37.6 Å². The van der Waals surface area contributed by atoms with E-state index in [1.807, 2.05) is 13.8 Å². The van der Waals surface area contributed by atoms with E-state index in [4.69, 9.17) is 0 Å². The summed E-state index contributed by atoms with van der Waals surface area (Å²) in [7, 11) is 2.20. The van der Waals surface area contributed by atoms with Crippen LogP contribution in [0.1, 0.15) is 34.6 Å². The van der Waals surface area contributed by atoms with Gasteiger partial charge in [-0.2, -0.15) is 0 Å². The van der Waals surface area contributed by atoms with E-state index in [1.165, 1.54) is 26.2 Å². The zero-order chi connectivity index (χ0) is 10.5. The monoisotopic (exact) mass is 186 g/mol. The number of piperazine rings is 1. The Hall–Kier alpha value is -0.0800. The Morgan fingerprint density at radius 3 is 2.08 bits per heavy atom. The lowest BCUT2D eigenvalue weighted by molar-refractivity contribution is 0.0363. The molecule has 0 aromatic carbocycles. The molecule has 1 aliphatic heterocycles. The number of hydrogen-bond acceptors (Lipinski definition) is 2.